The van der Waals surface area contributed by atoms with Gasteiger partial charge < -0.3 is 4.52 Å². The van der Waals surface area contributed by atoms with E-state index >= 15 is 0 Å². The molecule has 4 fully saturated rings. The van der Waals surface area contributed by atoms with E-state index in [9.17, 15) is 4.79 Å². The fraction of sp³-hybridized carbons (Fsp3) is 0.769. The second-order valence-electron chi connectivity index (χ2n) is 5.75. The van der Waals surface area contributed by atoms with E-state index in [1.165, 1.54) is 0 Å². The molecular weight excluding hydrogens is 244 g/mol. The van der Waals surface area contributed by atoms with Crippen molar-refractivity contribution < 1.29 is 9.32 Å². The van der Waals surface area contributed by atoms with E-state index in [0.29, 0.717) is 12.3 Å². The van der Waals surface area contributed by atoms with Crippen molar-refractivity contribution in [2.45, 2.75) is 31.2 Å². The highest BCUT2D eigenvalue weighted by Crippen LogP contribution is 2.32. The van der Waals surface area contributed by atoms with E-state index in [4.69, 9.17) is 4.52 Å². The molecular formula is C13H18N4O2. The minimum Gasteiger partial charge on any atom is -0.338 e. The summed E-state index contributed by atoms with van der Waals surface area (Å²) in [6.07, 6.45) is 2.47. The van der Waals surface area contributed by atoms with Crippen LogP contribution in [0.2, 0.25) is 0 Å². The number of piperazine rings is 3. The number of carbonyl (C=O) groups excluding carboxylic acids is 1. The van der Waals surface area contributed by atoms with Crippen LogP contribution in [0.5, 0.6) is 0 Å². The van der Waals surface area contributed by atoms with Crippen molar-refractivity contribution in [2.75, 3.05) is 32.7 Å². The molecule has 2 bridgehead atoms. The second kappa shape index (κ2) is 4.38. The van der Waals surface area contributed by atoms with Gasteiger partial charge in [-0.15, -0.1) is 0 Å². The Morgan fingerprint density at radius 2 is 2.05 bits per heavy atom. The van der Waals surface area contributed by atoms with Crippen LogP contribution in [-0.4, -0.2) is 58.4 Å². The lowest BCUT2D eigenvalue weighted by atomic mass is 10.1. The highest BCUT2D eigenvalue weighted by Gasteiger charge is 2.37. The minimum absolute atomic E-state index is 0.141. The summed E-state index contributed by atoms with van der Waals surface area (Å²) in [5.41, 5.74) is 0. The van der Waals surface area contributed by atoms with Gasteiger partial charge in [0.05, 0.1) is 12.0 Å². The van der Waals surface area contributed by atoms with Gasteiger partial charge in [0, 0.05) is 39.1 Å². The van der Waals surface area contributed by atoms with Gasteiger partial charge in [0.25, 0.3) is 0 Å². The van der Waals surface area contributed by atoms with Crippen LogP contribution in [0.4, 0.5) is 0 Å². The van der Waals surface area contributed by atoms with E-state index in [0.717, 1.165) is 51.4 Å². The van der Waals surface area contributed by atoms with Crippen LogP contribution in [-0.2, 0) is 4.79 Å². The molecule has 4 aliphatic rings. The molecule has 5 rings (SSSR count). The monoisotopic (exact) mass is 262 g/mol. The molecule has 0 spiro atoms. The Morgan fingerprint density at radius 1 is 1.21 bits per heavy atom. The Balaban J connectivity index is 1.56. The first-order valence-corrected chi connectivity index (χ1v) is 7.14. The smallest absolute Gasteiger partial charge is 0.237 e. The van der Waals surface area contributed by atoms with Crippen molar-refractivity contribution in [3.63, 3.8) is 0 Å². The van der Waals surface area contributed by atoms with Crippen LogP contribution in [0, 0.1) is 0 Å². The molecule has 3 aliphatic heterocycles. The molecule has 2 atom stereocenters. The zero-order valence-electron chi connectivity index (χ0n) is 10.9. The molecule has 0 radical (unpaired) electrons. The van der Waals surface area contributed by atoms with Gasteiger partial charge in [-0.2, -0.15) is 4.98 Å². The maximum atomic E-state index is 11.7. The van der Waals surface area contributed by atoms with Crippen LogP contribution in [0.25, 0.3) is 0 Å². The van der Waals surface area contributed by atoms with Crippen molar-refractivity contribution in [1.82, 2.24) is 19.9 Å². The number of ketones is 1. The topological polar surface area (TPSA) is 62.5 Å². The summed E-state index contributed by atoms with van der Waals surface area (Å²) in [5, 5.41) is 4.13. The molecule has 0 amide bonds. The van der Waals surface area contributed by atoms with Gasteiger partial charge in [0.15, 0.2) is 5.82 Å². The third-order valence-electron chi connectivity index (χ3n) is 4.64. The Hall–Kier alpha value is -1.27. The Labute approximate surface area is 111 Å². The summed E-state index contributed by atoms with van der Waals surface area (Å²) < 4.78 is 5.35. The maximum absolute atomic E-state index is 11.7. The van der Waals surface area contributed by atoms with Crippen molar-refractivity contribution in [3.05, 3.63) is 11.7 Å². The van der Waals surface area contributed by atoms with E-state index in [2.05, 4.69) is 19.9 Å². The number of nitrogens with zero attached hydrogens (tertiary/aromatic N) is 4. The fourth-order valence-electron chi connectivity index (χ4n) is 3.46. The van der Waals surface area contributed by atoms with Crippen LogP contribution in [0.1, 0.15) is 42.9 Å². The summed E-state index contributed by atoms with van der Waals surface area (Å²) in [7, 11) is 0. The SMILES string of the molecule is O=C1CCCC1c1nc(C2CN3CCN2CC3)no1. The van der Waals surface area contributed by atoms with Crippen molar-refractivity contribution in [3.8, 4) is 0 Å². The predicted molar refractivity (Wildman–Crippen MR) is 66.7 cm³/mol. The average Bonchev–Trinajstić information content (AvgIpc) is 3.08. The van der Waals surface area contributed by atoms with Crippen molar-refractivity contribution >= 4 is 5.78 Å². The van der Waals surface area contributed by atoms with Gasteiger partial charge >= 0.3 is 0 Å². The molecule has 0 N–H and O–H groups in total. The highest BCUT2D eigenvalue weighted by atomic mass is 16.5. The summed E-state index contributed by atoms with van der Waals surface area (Å²) in [6.45, 7) is 5.43. The van der Waals surface area contributed by atoms with E-state index in [1.807, 2.05) is 0 Å². The number of Topliss-reactive ketones (excluding diaryl/α,β-unsaturated/α-hetero) is 1. The lowest BCUT2D eigenvalue weighted by molar-refractivity contribution is -0.119. The standard InChI is InChI=1S/C13H18N4O2/c18-11-3-1-2-9(11)13-14-12(15-19-13)10-8-16-4-6-17(10)7-5-16/h9-10H,1-8H2. The second-order valence-corrected chi connectivity index (χ2v) is 5.75. The zero-order chi connectivity index (χ0) is 12.8. The molecule has 1 aromatic rings. The maximum Gasteiger partial charge on any atom is 0.237 e. The number of hydrogen-bond donors (Lipinski definition) is 0. The van der Waals surface area contributed by atoms with Gasteiger partial charge in [-0.3, -0.25) is 14.6 Å². The summed E-state index contributed by atoms with van der Waals surface area (Å²) in [6, 6.07) is 0.247. The van der Waals surface area contributed by atoms with Gasteiger partial charge in [-0.1, -0.05) is 5.16 Å². The molecule has 4 heterocycles. The molecule has 1 aromatic heterocycles. The predicted octanol–water partition coefficient (Wildman–Crippen LogP) is 0.578. The Bertz CT molecular complexity index is 493. The first kappa shape index (κ1) is 11.5. The van der Waals surface area contributed by atoms with Gasteiger partial charge in [0.1, 0.15) is 5.78 Å². The van der Waals surface area contributed by atoms with Gasteiger partial charge in [-0.25, -0.2) is 0 Å². The number of rotatable bonds is 2. The molecule has 6 nitrogen and oxygen atoms in total. The largest absolute Gasteiger partial charge is 0.338 e. The third kappa shape index (κ3) is 1.90. The summed E-state index contributed by atoms with van der Waals surface area (Å²) in [4.78, 5) is 21.1. The molecule has 1 saturated carbocycles. The van der Waals surface area contributed by atoms with Crippen LogP contribution in [0.3, 0.4) is 0 Å². The van der Waals surface area contributed by atoms with Gasteiger partial charge in [-0.05, 0) is 12.8 Å². The first-order chi connectivity index (χ1) is 9.31. The molecule has 102 valence electrons. The first-order valence-electron chi connectivity index (χ1n) is 7.14. The van der Waals surface area contributed by atoms with Crippen LogP contribution >= 0.6 is 0 Å². The number of fused-ring (bicyclic) bond motifs is 3. The molecule has 3 saturated heterocycles. The molecule has 1 aliphatic carbocycles. The van der Waals surface area contributed by atoms with Crippen LogP contribution in [0.15, 0.2) is 4.52 Å². The molecule has 0 aromatic carbocycles. The lowest BCUT2D eigenvalue weighted by Crippen LogP contribution is -2.57. The number of carbonyl (C=O) groups is 1. The third-order valence-corrected chi connectivity index (χ3v) is 4.64. The van der Waals surface area contributed by atoms with E-state index < -0.39 is 0 Å². The Kier molecular flexibility index (Phi) is 2.66. The zero-order valence-corrected chi connectivity index (χ0v) is 10.9. The van der Waals surface area contributed by atoms with E-state index in [-0.39, 0.29) is 17.7 Å². The fourth-order valence-corrected chi connectivity index (χ4v) is 3.46. The van der Waals surface area contributed by atoms with Crippen molar-refractivity contribution in [2.24, 2.45) is 0 Å². The van der Waals surface area contributed by atoms with Crippen LogP contribution < -0.4 is 0 Å². The van der Waals surface area contributed by atoms with Crippen molar-refractivity contribution in [1.29, 1.82) is 0 Å². The molecule has 6 heteroatoms. The minimum atomic E-state index is -0.141. The normalized spacial score (nSPS) is 38.0. The molecule has 19 heavy (non-hydrogen) atoms. The summed E-state index contributed by atoms with van der Waals surface area (Å²) in [5.74, 6) is 1.41. The quantitative estimate of drug-likeness (QED) is 0.777. The Morgan fingerprint density at radius 3 is 2.68 bits per heavy atom. The number of aromatic nitrogens is 2. The number of hydrogen-bond acceptors (Lipinski definition) is 6. The molecule has 2 unspecified atom stereocenters. The summed E-state index contributed by atoms with van der Waals surface area (Å²) >= 11 is 0. The van der Waals surface area contributed by atoms with Gasteiger partial charge in [0.2, 0.25) is 5.89 Å². The highest BCUT2D eigenvalue weighted by molar-refractivity contribution is 5.86. The average molecular weight is 262 g/mol. The van der Waals surface area contributed by atoms with E-state index in [1.54, 1.807) is 0 Å². The lowest BCUT2D eigenvalue weighted by Gasteiger charge is -2.46.